The van der Waals surface area contributed by atoms with Gasteiger partial charge in [-0.25, -0.2) is 4.57 Å². The Kier molecular flexibility index (Phi) is 10.2. The number of halogens is 4. The molecule has 0 aromatic rings. The lowest BCUT2D eigenvalue weighted by Gasteiger charge is -2.26. The minimum absolute atomic E-state index is 0.231. The van der Waals surface area contributed by atoms with Crippen molar-refractivity contribution < 1.29 is 18.1 Å². The first-order chi connectivity index (χ1) is 8.46. The third kappa shape index (κ3) is 10.4. The van der Waals surface area contributed by atoms with Gasteiger partial charge in [0.2, 0.25) is 0 Å². The average molecular weight is 554 g/mol. The molecule has 0 aromatic carbocycles. The van der Waals surface area contributed by atoms with Crippen LogP contribution in [0, 0.1) is 11.8 Å². The average Bonchev–Trinajstić information content (AvgIpc) is 2.22. The molecule has 0 aliphatic rings. The van der Waals surface area contributed by atoms with Crippen molar-refractivity contribution in [3.05, 3.63) is 0 Å². The van der Waals surface area contributed by atoms with Gasteiger partial charge in [0.15, 0.2) is 7.16 Å². The number of rotatable bonds is 8. The molecule has 0 fully saturated rings. The van der Waals surface area contributed by atoms with Gasteiger partial charge < -0.3 is 0 Å². The first kappa shape index (κ1) is 21.0. The summed E-state index contributed by atoms with van der Waals surface area (Å²) >= 11 is 13.1. The molecular weight excluding hydrogens is 535 g/mol. The lowest BCUT2D eigenvalue weighted by Crippen LogP contribution is -2.21. The number of phosphoric acid groups is 1. The Morgan fingerprint density at radius 3 is 1.63 bits per heavy atom. The van der Waals surface area contributed by atoms with Crippen LogP contribution in [0.25, 0.3) is 0 Å². The Morgan fingerprint density at radius 2 is 1.37 bits per heavy atom. The molecule has 1 unspecified atom stereocenters. The van der Waals surface area contributed by atoms with Gasteiger partial charge in [-0.05, 0) is 11.8 Å². The molecule has 0 aliphatic carbocycles. The van der Waals surface area contributed by atoms with Crippen LogP contribution in [0.4, 0.5) is 0 Å². The largest absolute Gasteiger partial charge is 0.476 e. The minimum Gasteiger partial charge on any atom is -0.287 e. The SMILES string of the molecule is CC(C)COP(=O)(OCC(C)C)OC(Br)C(Br)(Br)Br. The first-order valence-electron chi connectivity index (χ1n) is 5.74. The number of phosphoric ester groups is 1. The van der Waals surface area contributed by atoms with Gasteiger partial charge in [-0.3, -0.25) is 13.6 Å². The highest BCUT2D eigenvalue weighted by atomic mass is 80.0. The summed E-state index contributed by atoms with van der Waals surface area (Å²) in [5.41, 5.74) is 0. The maximum Gasteiger partial charge on any atom is 0.476 e. The van der Waals surface area contributed by atoms with E-state index in [9.17, 15) is 4.57 Å². The van der Waals surface area contributed by atoms with E-state index in [1.165, 1.54) is 0 Å². The summed E-state index contributed by atoms with van der Waals surface area (Å²) in [6.45, 7) is 8.44. The minimum atomic E-state index is -3.62. The van der Waals surface area contributed by atoms with Gasteiger partial charge in [0.05, 0.1) is 13.2 Å². The van der Waals surface area contributed by atoms with Gasteiger partial charge in [0.1, 0.15) is 0 Å². The van der Waals surface area contributed by atoms with E-state index in [4.69, 9.17) is 13.6 Å². The number of alkyl halides is 4. The summed E-state index contributed by atoms with van der Waals surface area (Å²) in [6.07, 6.45) is 0. The van der Waals surface area contributed by atoms with Gasteiger partial charge in [0, 0.05) is 0 Å². The van der Waals surface area contributed by atoms with Gasteiger partial charge in [0.25, 0.3) is 0 Å². The number of hydrogen-bond donors (Lipinski definition) is 0. The van der Waals surface area contributed by atoms with Crippen molar-refractivity contribution >= 4 is 71.5 Å². The number of hydrogen-bond acceptors (Lipinski definition) is 4. The van der Waals surface area contributed by atoms with Crippen molar-refractivity contribution in [2.45, 2.75) is 34.9 Å². The van der Waals surface area contributed by atoms with Crippen LogP contribution < -0.4 is 0 Å². The van der Waals surface area contributed by atoms with Gasteiger partial charge in [-0.2, -0.15) is 0 Å². The first-order valence-corrected chi connectivity index (χ1v) is 10.5. The van der Waals surface area contributed by atoms with Crippen LogP contribution in [-0.2, 0) is 18.1 Å². The van der Waals surface area contributed by atoms with E-state index in [0.29, 0.717) is 13.2 Å². The third-order valence-electron chi connectivity index (χ3n) is 1.61. The Labute approximate surface area is 148 Å². The van der Waals surface area contributed by atoms with E-state index in [1.807, 2.05) is 27.7 Å². The molecule has 4 nitrogen and oxygen atoms in total. The summed E-state index contributed by atoms with van der Waals surface area (Å²) in [4.78, 5) is 0. The molecular formula is C10H19Br4O4P. The van der Waals surface area contributed by atoms with Crippen molar-refractivity contribution in [1.29, 1.82) is 0 Å². The quantitative estimate of drug-likeness (QED) is 0.273. The maximum absolute atomic E-state index is 12.5. The zero-order valence-electron chi connectivity index (χ0n) is 11.2. The molecule has 0 aliphatic heterocycles. The summed E-state index contributed by atoms with van der Waals surface area (Å²) < 4.78 is 27.8. The van der Waals surface area contributed by atoms with Crippen LogP contribution in [0.2, 0.25) is 0 Å². The Balaban J connectivity index is 4.70. The molecule has 0 spiro atoms. The molecule has 19 heavy (non-hydrogen) atoms. The molecule has 0 rings (SSSR count). The molecule has 9 heteroatoms. The van der Waals surface area contributed by atoms with Crippen LogP contribution in [0.5, 0.6) is 0 Å². The fourth-order valence-electron chi connectivity index (χ4n) is 0.752. The summed E-state index contributed by atoms with van der Waals surface area (Å²) in [5.74, 6) is 0.463. The van der Waals surface area contributed by atoms with Crippen molar-refractivity contribution in [2.75, 3.05) is 13.2 Å². The molecule has 0 bridgehead atoms. The Bertz CT molecular complexity index is 290. The van der Waals surface area contributed by atoms with Gasteiger partial charge in [-0.1, -0.05) is 91.4 Å². The fourth-order valence-corrected chi connectivity index (χ4v) is 3.62. The Morgan fingerprint density at radius 1 is 1.00 bits per heavy atom. The topological polar surface area (TPSA) is 44.8 Å². The van der Waals surface area contributed by atoms with E-state index in [2.05, 4.69) is 63.7 Å². The highest BCUT2D eigenvalue weighted by Crippen LogP contribution is 2.56. The van der Waals surface area contributed by atoms with Crippen molar-refractivity contribution in [1.82, 2.24) is 0 Å². The predicted molar refractivity (Wildman–Crippen MR) is 92.5 cm³/mol. The molecule has 1 atom stereocenters. The standard InChI is InChI=1S/C10H19Br4O4P/c1-7(2)5-16-19(15,17-6-8(3)4)18-9(11)10(12,13)14/h7-9H,5-6H2,1-4H3. The second-order valence-corrected chi connectivity index (χ2v) is 14.2. The molecule has 0 radical (unpaired) electrons. The zero-order valence-corrected chi connectivity index (χ0v) is 18.5. The maximum atomic E-state index is 12.5. The van der Waals surface area contributed by atoms with Crippen molar-refractivity contribution in [2.24, 2.45) is 11.8 Å². The van der Waals surface area contributed by atoms with Crippen LogP contribution in [-0.4, -0.2) is 20.4 Å². The molecule has 0 N–H and O–H groups in total. The van der Waals surface area contributed by atoms with E-state index in [1.54, 1.807) is 0 Å². The van der Waals surface area contributed by atoms with E-state index in [0.717, 1.165) is 0 Å². The normalized spacial score (nSPS) is 15.3. The monoisotopic (exact) mass is 550 g/mol. The lowest BCUT2D eigenvalue weighted by atomic mass is 10.2. The fraction of sp³-hybridized carbons (Fsp3) is 1.00. The molecule has 0 aromatic heterocycles. The molecule has 0 saturated heterocycles. The second-order valence-electron chi connectivity index (χ2n) is 4.79. The van der Waals surface area contributed by atoms with E-state index >= 15 is 0 Å². The van der Waals surface area contributed by atoms with Crippen LogP contribution >= 0.6 is 71.5 Å². The molecule has 0 saturated carbocycles. The molecule has 0 amide bonds. The van der Waals surface area contributed by atoms with Crippen LogP contribution in [0.1, 0.15) is 27.7 Å². The highest BCUT2D eigenvalue weighted by molar-refractivity contribution is 9.40. The van der Waals surface area contributed by atoms with Gasteiger partial charge in [-0.15, -0.1) is 0 Å². The van der Waals surface area contributed by atoms with E-state index in [-0.39, 0.29) is 11.8 Å². The summed E-state index contributed by atoms with van der Waals surface area (Å²) in [5, 5.41) is -0.648. The van der Waals surface area contributed by atoms with E-state index < -0.39 is 15.0 Å². The molecule has 116 valence electrons. The highest BCUT2D eigenvalue weighted by Gasteiger charge is 2.38. The van der Waals surface area contributed by atoms with Crippen molar-refractivity contribution in [3.63, 3.8) is 0 Å². The van der Waals surface area contributed by atoms with Crippen LogP contribution in [0.3, 0.4) is 0 Å². The zero-order chi connectivity index (χ0) is 15.3. The third-order valence-corrected chi connectivity index (χ3v) is 7.26. The molecule has 0 heterocycles. The lowest BCUT2D eigenvalue weighted by molar-refractivity contribution is 0.0927. The van der Waals surface area contributed by atoms with Gasteiger partial charge >= 0.3 is 7.82 Å². The summed E-state index contributed by atoms with van der Waals surface area (Å²) in [6, 6.07) is 0. The summed E-state index contributed by atoms with van der Waals surface area (Å²) in [7, 11) is -3.62. The Hall–Kier alpha value is 2.03. The predicted octanol–water partition coefficient (Wildman–Crippen LogP) is 6.02. The second kappa shape index (κ2) is 9.23. The van der Waals surface area contributed by atoms with Crippen molar-refractivity contribution in [3.8, 4) is 0 Å². The van der Waals surface area contributed by atoms with Crippen LogP contribution in [0.15, 0.2) is 0 Å². The smallest absolute Gasteiger partial charge is 0.287 e.